The Kier molecular flexibility index (Phi) is 9.41. The van der Waals surface area contributed by atoms with Gasteiger partial charge in [-0.15, -0.1) is 0 Å². The second kappa shape index (κ2) is 10.9. The first-order valence-electron chi connectivity index (χ1n) is 8.12. The third-order valence-corrected chi connectivity index (χ3v) is 3.83. The molecule has 118 valence electrons. The molecule has 1 aliphatic rings. The molecule has 0 aliphatic carbocycles. The Balaban J connectivity index is 2.27. The van der Waals surface area contributed by atoms with Crippen molar-refractivity contribution in [2.24, 2.45) is 10.9 Å². The van der Waals surface area contributed by atoms with Crippen LogP contribution in [-0.4, -0.2) is 63.3 Å². The van der Waals surface area contributed by atoms with E-state index in [4.69, 9.17) is 4.74 Å². The smallest absolute Gasteiger partial charge is 0.191 e. The Hall–Kier alpha value is -0.810. The van der Waals surface area contributed by atoms with Crippen LogP contribution in [-0.2, 0) is 4.74 Å². The summed E-state index contributed by atoms with van der Waals surface area (Å²) in [5.41, 5.74) is 0. The third kappa shape index (κ3) is 7.10. The van der Waals surface area contributed by atoms with E-state index in [0.29, 0.717) is 5.92 Å². The minimum absolute atomic E-state index is 0.699. The van der Waals surface area contributed by atoms with Crippen LogP contribution in [0.3, 0.4) is 0 Å². The highest BCUT2D eigenvalue weighted by Gasteiger charge is 2.09. The van der Waals surface area contributed by atoms with Gasteiger partial charge in [-0.1, -0.05) is 26.7 Å². The lowest BCUT2D eigenvalue weighted by Gasteiger charge is -2.26. The van der Waals surface area contributed by atoms with E-state index in [9.17, 15) is 0 Å². The van der Waals surface area contributed by atoms with E-state index in [-0.39, 0.29) is 0 Å². The molecular weight excluding hydrogens is 252 g/mol. The number of nitrogens with zero attached hydrogens (tertiary/aromatic N) is 2. The molecule has 0 radical (unpaired) electrons. The molecule has 0 amide bonds. The Morgan fingerprint density at radius 1 is 1.15 bits per heavy atom. The predicted octanol–water partition coefficient (Wildman–Crippen LogP) is 1.31. The molecule has 0 spiro atoms. The van der Waals surface area contributed by atoms with Gasteiger partial charge in [0.25, 0.3) is 0 Å². The van der Waals surface area contributed by atoms with Gasteiger partial charge in [0, 0.05) is 39.3 Å². The first kappa shape index (κ1) is 17.2. The van der Waals surface area contributed by atoms with Crippen LogP contribution in [0.15, 0.2) is 4.99 Å². The molecule has 5 nitrogen and oxygen atoms in total. The van der Waals surface area contributed by atoms with Crippen LogP contribution < -0.4 is 10.6 Å². The molecule has 0 unspecified atom stereocenters. The van der Waals surface area contributed by atoms with Gasteiger partial charge in [0.1, 0.15) is 0 Å². The second-order valence-corrected chi connectivity index (χ2v) is 5.28. The first-order chi connectivity index (χ1) is 9.80. The molecule has 0 atom stereocenters. The lowest BCUT2D eigenvalue weighted by Crippen LogP contribution is -2.44. The SMILES string of the molecule is CCNC(=NCC(CC)CC)NCCN1CCOCC1. The Morgan fingerprint density at radius 2 is 1.85 bits per heavy atom. The summed E-state index contributed by atoms with van der Waals surface area (Å²) in [6.45, 7) is 14.2. The van der Waals surface area contributed by atoms with E-state index in [1.54, 1.807) is 0 Å². The van der Waals surface area contributed by atoms with Crippen LogP contribution in [0, 0.1) is 5.92 Å². The monoisotopic (exact) mass is 284 g/mol. The number of aliphatic imine (C=N–C) groups is 1. The van der Waals surface area contributed by atoms with Gasteiger partial charge in [-0.3, -0.25) is 9.89 Å². The summed E-state index contributed by atoms with van der Waals surface area (Å²) in [5, 5.41) is 6.75. The van der Waals surface area contributed by atoms with Crippen LogP contribution in [0.4, 0.5) is 0 Å². The van der Waals surface area contributed by atoms with Crippen LogP contribution in [0.25, 0.3) is 0 Å². The average molecular weight is 284 g/mol. The van der Waals surface area contributed by atoms with E-state index in [1.807, 2.05) is 0 Å². The molecule has 0 aromatic rings. The number of morpholine rings is 1. The normalized spacial score (nSPS) is 17.5. The van der Waals surface area contributed by atoms with E-state index >= 15 is 0 Å². The number of guanidine groups is 1. The summed E-state index contributed by atoms with van der Waals surface area (Å²) in [6, 6.07) is 0. The Morgan fingerprint density at radius 3 is 2.45 bits per heavy atom. The first-order valence-corrected chi connectivity index (χ1v) is 8.12. The maximum atomic E-state index is 5.36. The van der Waals surface area contributed by atoms with Gasteiger partial charge in [-0.25, -0.2) is 0 Å². The quantitative estimate of drug-likeness (QED) is 0.521. The third-order valence-electron chi connectivity index (χ3n) is 3.83. The molecule has 0 aromatic carbocycles. The van der Waals surface area contributed by atoms with Gasteiger partial charge >= 0.3 is 0 Å². The highest BCUT2D eigenvalue weighted by molar-refractivity contribution is 5.79. The zero-order valence-corrected chi connectivity index (χ0v) is 13.5. The summed E-state index contributed by atoms with van der Waals surface area (Å²) in [4.78, 5) is 7.12. The van der Waals surface area contributed by atoms with Crippen LogP contribution >= 0.6 is 0 Å². The van der Waals surface area contributed by atoms with Crippen LogP contribution in [0.2, 0.25) is 0 Å². The van der Waals surface area contributed by atoms with E-state index in [0.717, 1.165) is 58.4 Å². The molecule has 20 heavy (non-hydrogen) atoms. The van der Waals surface area contributed by atoms with Crippen LogP contribution in [0.1, 0.15) is 33.6 Å². The molecule has 0 bridgehead atoms. The molecule has 1 heterocycles. The Labute approximate surface area is 124 Å². The van der Waals surface area contributed by atoms with Gasteiger partial charge < -0.3 is 15.4 Å². The summed E-state index contributed by atoms with van der Waals surface area (Å²) in [6.07, 6.45) is 2.40. The summed E-state index contributed by atoms with van der Waals surface area (Å²) >= 11 is 0. The van der Waals surface area contributed by atoms with Crippen molar-refractivity contribution in [3.05, 3.63) is 0 Å². The molecule has 1 fully saturated rings. The Bertz CT molecular complexity index is 261. The summed E-state index contributed by atoms with van der Waals surface area (Å²) in [7, 11) is 0. The van der Waals surface area contributed by atoms with E-state index < -0.39 is 0 Å². The molecule has 0 aromatic heterocycles. The number of rotatable bonds is 8. The van der Waals surface area contributed by atoms with Gasteiger partial charge in [0.15, 0.2) is 5.96 Å². The van der Waals surface area contributed by atoms with Crippen molar-refractivity contribution in [1.82, 2.24) is 15.5 Å². The van der Waals surface area contributed by atoms with Crippen LogP contribution in [0.5, 0.6) is 0 Å². The number of ether oxygens (including phenoxy) is 1. The lowest BCUT2D eigenvalue weighted by atomic mass is 10.0. The highest BCUT2D eigenvalue weighted by Crippen LogP contribution is 2.07. The van der Waals surface area contributed by atoms with Gasteiger partial charge in [-0.2, -0.15) is 0 Å². The molecule has 1 rings (SSSR count). The van der Waals surface area contributed by atoms with Crippen molar-refractivity contribution >= 4 is 5.96 Å². The number of nitrogens with one attached hydrogen (secondary N) is 2. The highest BCUT2D eigenvalue weighted by atomic mass is 16.5. The fraction of sp³-hybridized carbons (Fsp3) is 0.933. The van der Waals surface area contributed by atoms with Gasteiger partial charge in [0.05, 0.1) is 13.2 Å². The molecule has 0 saturated carbocycles. The fourth-order valence-electron chi connectivity index (χ4n) is 2.27. The van der Waals surface area contributed by atoms with E-state index in [1.165, 1.54) is 12.8 Å². The summed E-state index contributed by atoms with van der Waals surface area (Å²) in [5.74, 6) is 1.65. The summed E-state index contributed by atoms with van der Waals surface area (Å²) < 4.78 is 5.36. The van der Waals surface area contributed by atoms with Crippen molar-refractivity contribution < 1.29 is 4.74 Å². The van der Waals surface area contributed by atoms with Crippen molar-refractivity contribution in [3.63, 3.8) is 0 Å². The molecule has 5 heteroatoms. The molecule has 1 saturated heterocycles. The zero-order chi connectivity index (χ0) is 14.6. The second-order valence-electron chi connectivity index (χ2n) is 5.28. The predicted molar refractivity (Wildman–Crippen MR) is 85.3 cm³/mol. The minimum atomic E-state index is 0.699. The van der Waals surface area contributed by atoms with Gasteiger partial charge in [-0.05, 0) is 12.8 Å². The van der Waals surface area contributed by atoms with Crippen molar-refractivity contribution in [2.45, 2.75) is 33.6 Å². The maximum Gasteiger partial charge on any atom is 0.191 e. The largest absolute Gasteiger partial charge is 0.379 e. The fourth-order valence-corrected chi connectivity index (χ4v) is 2.27. The van der Waals surface area contributed by atoms with Crippen molar-refractivity contribution in [2.75, 3.05) is 52.5 Å². The van der Waals surface area contributed by atoms with Crippen molar-refractivity contribution in [1.29, 1.82) is 0 Å². The van der Waals surface area contributed by atoms with Crippen molar-refractivity contribution in [3.8, 4) is 0 Å². The standard InChI is InChI=1S/C15H32N4O/c1-4-14(5-2)13-18-15(16-6-3)17-7-8-19-9-11-20-12-10-19/h14H,4-13H2,1-3H3,(H2,16,17,18). The molecule has 2 N–H and O–H groups in total. The maximum absolute atomic E-state index is 5.36. The number of hydrogen-bond donors (Lipinski definition) is 2. The minimum Gasteiger partial charge on any atom is -0.379 e. The van der Waals surface area contributed by atoms with E-state index in [2.05, 4.69) is 41.3 Å². The lowest BCUT2D eigenvalue weighted by molar-refractivity contribution is 0.0389. The zero-order valence-electron chi connectivity index (χ0n) is 13.5. The van der Waals surface area contributed by atoms with Gasteiger partial charge in [0.2, 0.25) is 0 Å². The topological polar surface area (TPSA) is 48.9 Å². The average Bonchev–Trinajstić information content (AvgIpc) is 2.49. The molecular formula is C15H32N4O. The number of hydrogen-bond acceptors (Lipinski definition) is 3. The molecule has 1 aliphatic heterocycles.